The molecule has 0 aromatic rings. The third-order valence-corrected chi connectivity index (χ3v) is 1.43. The lowest BCUT2D eigenvalue weighted by atomic mass is 10.1. The molecule has 0 fully saturated rings. The van der Waals surface area contributed by atoms with Crippen molar-refractivity contribution in [2.75, 3.05) is 6.61 Å². The summed E-state index contributed by atoms with van der Waals surface area (Å²) in [5, 5.41) is 17.3. The molecule has 0 aromatic carbocycles. The van der Waals surface area contributed by atoms with E-state index in [-0.39, 0.29) is 12.5 Å². The molecule has 0 heterocycles. The monoisotopic (exact) mass is 114 g/mol. The quantitative estimate of drug-likeness (QED) is 0.530. The van der Waals surface area contributed by atoms with E-state index in [0.717, 1.165) is 12.8 Å². The summed E-state index contributed by atoms with van der Waals surface area (Å²) in [6.45, 7) is 0.171. The van der Waals surface area contributed by atoms with Gasteiger partial charge >= 0.3 is 0 Å². The van der Waals surface area contributed by atoms with Gasteiger partial charge in [-0.1, -0.05) is 0 Å². The number of hydrogen-bond donors (Lipinski definition) is 2. The van der Waals surface area contributed by atoms with E-state index in [9.17, 15) is 0 Å². The predicted molar refractivity (Wildman–Crippen MR) is 30.5 cm³/mol. The Kier molecular flexibility index (Phi) is 1.53. The number of hydrogen-bond acceptors (Lipinski definition) is 2. The lowest BCUT2D eigenvalue weighted by Gasteiger charge is -1.96. The molecule has 0 aliphatic heterocycles. The van der Waals surface area contributed by atoms with Gasteiger partial charge in [-0.3, -0.25) is 0 Å². The molecule has 2 nitrogen and oxygen atoms in total. The van der Waals surface area contributed by atoms with Crippen molar-refractivity contribution in [3.05, 3.63) is 11.8 Å². The molecule has 1 rings (SSSR count). The lowest BCUT2D eigenvalue weighted by molar-refractivity contribution is 0.251. The van der Waals surface area contributed by atoms with Crippen LogP contribution in [0, 0.1) is 5.92 Å². The highest BCUT2D eigenvalue weighted by atomic mass is 16.3. The van der Waals surface area contributed by atoms with Crippen molar-refractivity contribution in [3.8, 4) is 0 Å². The molecule has 1 atom stereocenters. The first-order valence-electron chi connectivity index (χ1n) is 2.83. The Bertz CT molecular complexity index is 107. The van der Waals surface area contributed by atoms with E-state index in [1.165, 1.54) is 0 Å². The zero-order valence-corrected chi connectivity index (χ0v) is 4.67. The van der Waals surface area contributed by atoms with Crippen LogP contribution in [0.2, 0.25) is 0 Å². The first kappa shape index (κ1) is 5.63. The SMILES string of the molecule is OCC1C=C(O)CC1. The predicted octanol–water partition coefficient (Wildman–Crippen LogP) is 0.831. The molecular formula is C6H10O2. The molecular weight excluding hydrogens is 104 g/mol. The van der Waals surface area contributed by atoms with Crippen LogP contribution in [0.5, 0.6) is 0 Å². The Morgan fingerprint density at radius 2 is 2.50 bits per heavy atom. The van der Waals surface area contributed by atoms with Crippen molar-refractivity contribution in [2.24, 2.45) is 5.92 Å². The average molecular weight is 114 g/mol. The zero-order chi connectivity index (χ0) is 5.98. The lowest BCUT2D eigenvalue weighted by Crippen LogP contribution is -1.96. The van der Waals surface area contributed by atoms with E-state index in [2.05, 4.69) is 0 Å². The first-order valence-corrected chi connectivity index (χ1v) is 2.83. The molecule has 46 valence electrons. The largest absolute Gasteiger partial charge is 0.513 e. The standard InChI is InChI=1S/C6H10O2/c7-4-5-1-2-6(8)3-5/h3,5,7-8H,1-2,4H2. The van der Waals surface area contributed by atoms with Crippen LogP contribution in [0.4, 0.5) is 0 Å². The van der Waals surface area contributed by atoms with E-state index in [1.807, 2.05) is 0 Å². The van der Waals surface area contributed by atoms with Gasteiger partial charge in [0, 0.05) is 18.9 Å². The molecule has 2 heteroatoms. The summed E-state index contributed by atoms with van der Waals surface area (Å²) in [7, 11) is 0. The van der Waals surface area contributed by atoms with Gasteiger partial charge in [0.15, 0.2) is 0 Å². The van der Waals surface area contributed by atoms with Gasteiger partial charge in [-0.2, -0.15) is 0 Å². The van der Waals surface area contributed by atoms with Crippen molar-refractivity contribution in [1.29, 1.82) is 0 Å². The van der Waals surface area contributed by atoms with Gasteiger partial charge < -0.3 is 10.2 Å². The second-order valence-electron chi connectivity index (χ2n) is 2.14. The number of aliphatic hydroxyl groups is 2. The van der Waals surface area contributed by atoms with Crippen LogP contribution >= 0.6 is 0 Å². The number of aliphatic hydroxyl groups excluding tert-OH is 2. The maximum atomic E-state index is 8.78. The molecule has 1 aliphatic carbocycles. The van der Waals surface area contributed by atoms with Gasteiger partial charge in [-0.25, -0.2) is 0 Å². The van der Waals surface area contributed by atoms with Crippen LogP contribution < -0.4 is 0 Å². The molecule has 1 aliphatic rings. The Labute approximate surface area is 48.5 Å². The minimum atomic E-state index is 0.171. The molecule has 0 saturated heterocycles. The normalized spacial score (nSPS) is 28.1. The zero-order valence-electron chi connectivity index (χ0n) is 4.67. The second kappa shape index (κ2) is 2.18. The fourth-order valence-corrected chi connectivity index (χ4v) is 0.916. The van der Waals surface area contributed by atoms with Gasteiger partial charge in [-0.15, -0.1) is 0 Å². The molecule has 0 saturated carbocycles. The second-order valence-corrected chi connectivity index (χ2v) is 2.14. The molecule has 0 aromatic heterocycles. The first-order chi connectivity index (χ1) is 3.83. The van der Waals surface area contributed by atoms with Gasteiger partial charge in [0.25, 0.3) is 0 Å². The van der Waals surface area contributed by atoms with Crippen molar-refractivity contribution < 1.29 is 10.2 Å². The van der Waals surface area contributed by atoms with Crippen molar-refractivity contribution in [3.63, 3.8) is 0 Å². The molecule has 2 N–H and O–H groups in total. The van der Waals surface area contributed by atoms with E-state index >= 15 is 0 Å². The highest BCUT2D eigenvalue weighted by Crippen LogP contribution is 2.20. The number of rotatable bonds is 1. The Hall–Kier alpha value is -0.500. The molecule has 0 amide bonds. The minimum Gasteiger partial charge on any atom is -0.513 e. The van der Waals surface area contributed by atoms with E-state index < -0.39 is 0 Å². The van der Waals surface area contributed by atoms with Crippen LogP contribution in [0.3, 0.4) is 0 Å². The summed E-state index contributed by atoms with van der Waals surface area (Å²) in [5.74, 6) is 0.652. The fraction of sp³-hybridized carbons (Fsp3) is 0.667. The van der Waals surface area contributed by atoms with Crippen LogP contribution in [-0.4, -0.2) is 16.8 Å². The van der Waals surface area contributed by atoms with Gasteiger partial charge in [-0.05, 0) is 12.5 Å². The molecule has 0 bridgehead atoms. The van der Waals surface area contributed by atoms with Gasteiger partial charge in [0.2, 0.25) is 0 Å². The van der Waals surface area contributed by atoms with E-state index in [1.54, 1.807) is 6.08 Å². The summed E-state index contributed by atoms with van der Waals surface area (Å²) in [6.07, 6.45) is 3.37. The van der Waals surface area contributed by atoms with Crippen LogP contribution in [0.15, 0.2) is 11.8 Å². The van der Waals surface area contributed by atoms with Crippen LogP contribution in [0.1, 0.15) is 12.8 Å². The highest BCUT2D eigenvalue weighted by Gasteiger charge is 2.12. The number of allylic oxidation sites excluding steroid dienone is 1. The minimum absolute atomic E-state index is 0.171. The smallest absolute Gasteiger partial charge is 0.0886 e. The summed E-state index contributed by atoms with van der Waals surface area (Å²) < 4.78 is 0. The van der Waals surface area contributed by atoms with E-state index in [0.29, 0.717) is 5.76 Å². The topological polar surface area (TPSA) is 40.5 Å². The molecule has 1 unspecified atom stereocenters. The Morgan fingerprint density at radius 1 is 1.75 bits per heavy atom. The van der Waals surface area contributed by atoms with Crippen LogP contribution in [0.25, 0.3) is 0 Å². The molecule has 8 heavy (non-hydrogen) atoms. The Balaban J connectivity index is 2.41. The summed E-state index contributed by atoms with van der Waals surface area (Å²) >= 11 is 0. The van der Waals surface area contributed by atoms with Crippen molar-refractivity contribution in [1.82, 2.24) is 0 Å². The molecule has 0 spiro atoms. The van der Waals surface area contributed by atoms with Gasteiger partial charge in [0.05, 0.1) is 5.76 Å². The van der Waals surface area contributed by atoms with Gasteiger partial charge in [0.1, 0.15) is 0 Å². The summed E-state index contributed by atoms with van der Waals surface area (Å²) in [4.78, 5) is 0. The maximum Gasteiger partial charge on any atom is 0.0886 e. The van der Waals surface area contributed by atoms with Crippen molar-refractivity contribution >= 4 is 0 Å². The molecule has 0 radical (unpaired) electrons. The third kappa shape index (κ3) is 1.01. The van der Waals surface area contributed by atoms with Crippen LogP contribution in [-0.2, 0) is 0 Å². The summed E-state index contributed by atoms with van der Waals surface area (Å²) in [6, 6.07) is 0. The fourth-order valence-electron chi connectivity index (χ4n) is 0.916. The maximum absolute atomic E-state index is 8.78. The average Bonchev–Trinajstić information content (AvgIpc) is 2.14. The highest BCUT2D eigenvalue weighted by molar-refractivity contribution is 5.02. The summed E-state index contributed by atoms with van der Waals surface area (Å²) in [5.41, 5.74) is 0. The van der Waals surface area contributed by atoms with E-state index in [4.69, 9.17) is 10.2 Å². The van der Waals surface area contributed by atoms with Crippen molar-refractivity contribution in [2.45, 2.75) is 12.8 Å². The Morgan fingerprint density at radius 3 is 2.75 bits per heavy atom. The third-order valence-electron chi connectivity index (χ3n) is 1.43.